The maximum absolute atomic E-state index is 13.4. The van der Waals surface area contributed by atoms with Crippen molar-refractivity contribution in [1.29, 1.82) is 5.26 Å². The summed E-state index contributed by atoms with van der Waals surface area (Å²) < 4.78 is 6.16. The number of ether oxygens (including phenoxy) is 1. The Kier molecular flexibility index (Phi) is 8.10. The fourth-order valence-corrected chi connectivity index (χ4v) is 4.84. The number of benzene rings is 4. The molecule has 0 unspecified atom stereocenters. The van der Waals surface area contributed by atoms with E-state index in [2.05, 4.69) is 37.5 Å². The quantitative estimate of drug-likeness (QED) is 0.0641. The number of fused-ring (bicyclic) bond motifs is 1. The van der Waals surface area contributed by atoms with Gasteiger partial charge in [0.1, 0.15) is 17.5 Å². The van der Waals surface area contributed by atoms with Gasteiger partial charge < -0.3 is 9.72 Å². The Morgan fingerprint density at radius 3 is 2.55 bits per heavy atom. The van der Waals surface area contributed by atoms with Crippen molar-refractivity contribution >= 4 is 62.2 Å². The lowest BCUT2D eigenvalue weighted by molar-refractivity contribution is -0.384. The average molecular weight is 643 g/mol. The molecule has 0 atom stereocenters. The highest BCUT2D eigenvalue weighted by atomic mass is 79.9. The van der Waals surface area contributed by atoms with E-state index in [1.54, 1.807) is 54.6 Å². The first-order chi connectivity index (χ1) is 20.3. The number of halogens is 2. The molecular weight excluding hydrogens is 626 g/mol. The van der Waals surface area contributed by atoms with Crippen LogP contribution in [0.2, 0.25) is 5.02 Å². The molecule has 5 rings (SSSR count). The molecule has 0 spiro atoms. The first-order valence-corrected chi connectivity index (χ1v) is 13.3. The first-order valence-electron chi connectivity index (χ1n) is 12.2. The highest BCUT2D eigenvalue weighted by molar-refractivity contribution is 9.10. The van der Waals surface area contributed by atoms with Crippen LogP contribution in [0.4, 0.5) is 5.69 Å². The number of hydrogen-bond donors (Lipinski definition) is 2. The molecule has 5 aromatic rings. The van der Waals surface area contributed by atoms with Crippen LogP contribution in [-0.4, -0.2) is 28.0 Å². The fraction of sp³-hybridized carbons (Fsp3) is 0. The van der Waals surface area contributed by atoms with Gasteiger partial charge in [0.25, 0.3) is 11.6 Å². The number of nitro benzene ring substituents is 1. The lowest BCUT2D eigenvalue weighted by Gasteiger charge is -2.08. The third-order valence-corrected chi connectivity index (χ3v) is 7.01. The zero-order valence-electron chi connectivity index (χ0n) is 21.3. The van der Waals surface area contributed by atoms with Gasteiger partial charge in [0, 0.05) is 43.7 Å². The summed E-state index contributed by atoms with van der Waals surface area (Å²) in [5.41, 5.74) is 4.89. The number of nitro groups is 1. The van der Waals surface area contributed by atoms with Crippen molar-refractivity contribution in [3.8, 4) is 22.9 Å². The molecule has 0 aliphatic heterocycles. The molecule has 42 heavy (non-hydrogen) atoms. The molecule has 0 saturated carbocycles. The predicted octanol–water partition coefficient (Wildman–Crippen LogP) is 7.01. The normalized spacial score (nSPS) is 10.9. The molecular formula is C30H17BrClN5O5. The van der Waals surface area contributed by atoms with Crippen molar-refractivity contribution in [2.45, 2.75) is 0 Å². The van der Waals surface area contributed by atoms with E-state index in [1.807, 2.05) is 0 Å². The van der Waals surface area contributed by atoms with Gasteiger partial charge in [0.05, 0.1) is 27.8 Å². The summed E-state index contributed by atoms with van der Waals surface area (Å²) in [7, 11) is 0. The molecule has 1 amide bonds. The van der Waals surface area contributed by atoms with Crippen LogP contribution in [0, 0.1) is 21.4 Å². The maximum atomic E-state index is 13.4. The average Bonchev–Trinajstić information content (AvgIpc) is 3.38. The summed E-state index contributed by atoms with van der Waals surface area (Å²) in [6.45, 7) is 0. The van der Waals surface area contributed by atoms with Gasteiger partial charge in [-0.25, -0.2) is 10.2 Å². The van der Waals surface area contributed by atoms with Crippen molar-refractivity contribution < 1.29 is 19.2 Å². The number of amides is 1. The van der Waals surface area contributed by atoms with Crippen LogP contribution in [0.25, 0.3) is 22.0 Å². The van der Waals surface area contributed by atoms with Crippen molar-refractivity contribution in [2.24, 2.45) is 5.10 Å². The van der Waals surface area contributed by atoms with Gasteiger partial charge in [0.15, 0.2) is 0 Å². The van der Waals surface area contributed by atoms with E-state index in [-0.39, 0.29) is 22.7 Å². The first kappa shape index (κ1) is 28.2. The highest BCUT2D eigenvalue weighted by Gasteiger charge is 2.22. The number of nitrogens with one attached hydrogen (secondary N) is 2. The number of carbonyl (C=O) groups is 2. The van der Waals surface area contributed by atoms with Crippen LogP contribution in [0.1, 0.15) is 32.0 Å². The van der Waals surface area contributed by atoms with E-state index < -0.39 is 16.8 Å². The van der Waals surface area contributed by atoms with E-state index in [0.717, 1.165) is 0 Å². The number of H-pyrrole nitrogens is 1. The van der Waals surface area contributed by atoms with Gasteiger partial charge in [-0.2, -0.15) is 10.4 Å². The van der Waals surface area contributed by atoms with Crippen LogP contribution in [-0.2, 0) is 0 Å². The molecule has 2 N–H and O–H groups in total. The summed E-state index contributed by atoms with van der Waals surface area (Å²) in [4.78, 5) is 39.4. The number of para-hydroxylation sites is 1. The minimum absolute atomic E-state index is 0.113. The SMILES string of the molecule is N#Cc1cccc2c(-c3ccccc3Cl)c(C(=O)NN=Cc3cc(Br)ccc3OC(=O)c3ccc([N+](=O)[O-])cc3)[nH]c12. The number of nitrogens with zero attached hydrogens (tertiary/aromatic N) is 3. The molecule has 0 aliphatic rings. The number of carbonyl (C=O) groups excluding carboxylic acids is 2. The smallest absolute Gasteiger partial charge is 0.343 e. The fourth-order valence-electron chi connectivity index (χ4n) is 4.23. The minimum Gasteiger partial charge on any atom is -0.422 e. The van der Waals surface area contributed by atoms with E-state index >= 15 is 0 Å². The number of hydrazone groups is 1. The standard InChI is InChI=1S/C30H17BrClN5O5/c31-20-10-13-25(42-30(39)17-8-11-21(12-9-17)37(40)41)19(14-20)16-34-36-29(38)28-26(22-5-1-2-7-24(22)32)23-6-3-4-18(15-33)27(23)35-28/h1-14,16,35H,(H,36,38). The Morgan fingerprint density at radius 2 is 1.83 bits per heavy atom. The van der Waals surface area contributed by atoms with Gasteiger partial charge in [-0.05, 0) is 42.5 Å². The van der Waals surface area contributed by atoms with Crippen LogP contribution < -0.4 is 10.2 Å². The molecule has 0 fully saturated rings. The van der Waals surface area contributed by atoms with E-state index in [1.165, 1.54) is 36.5 Å². The topological polar surface area (TPSA) is 150 Å². The molecule has 12 heteroatoms. The zero-order valence-corrected chi connectivity index (χ0v) is 23.6. The maximum Gasteiger partial charge on any atom is 0.343 e. The Labute approximate surface area is 251 Å². The van der Waals surface area contributed by atoms with Gasteiger partial charge in [-0.15, -0.1) is 0 Å². The van der Waals surface area contributed by atoms with Gasteiger partial charge in [0.2, 0.25) is 0 Å². The number of aromatic amines is 1. The van der Waals surface area contributed by atoms with E-state index in [4.69, 9.17) is 16.3 Å². The lowest BCUT2D eigenvalue weighted by Crippen LogP contribution is -2.19. The molecule has 0 saturated heterocycles. The second-order valence-electron chi connectivity index (χ2n) is 8.77. The van der Waals surface area contributed by atoms with Crippen molar-refractivity contribution in [3.63, 3.8) is 0 Å². The number of hydrogen-bond acceptors (Lipinski definition) is 7. The van der Waals surface area contributed by atoms with E-state index in [0.29, 0.717) is 42.7 Å². The number of esters is 1. The van der Waals surface area contributed by atoms with Crippen molar-refractivity contribution in [2.75, 3.05) is 0 Å². The molecule has 0 aliphatic carbocycles. The Bertz CT molecular complexity index is 1950. The summed E-state index contributed by atoms with van der Waals surface area (Å²) in [6, 6.07) is 24.1. The minimum atomic E-state index is -0.735. The Hall–Kier alpha value is -5.31. The van der Waals surface area contributed by atoms with Gasteiger partial charge in [-0.3, -0.25) is 14.9 Å². The molecule has 1 aromatic heterocycles. The molecule has 4 aromatic carbocycles. The number of aromatic nitrogens is 1. The highest BCUT2D eigenvalue weighted by Crippen LogP contribution is 2.37. The predicted molar refractivity (Wildman–Crippen MR) is 161 cm³/mol. The lowest BCUT2D eigenvalue weighted by atomic mass is 10.0. The molecule has 0 bridgehead atoms. The van der Waals surface area contributed by atoms with Crippen LogP contribution in [0.3, 0.4) is 0 Å². The Balaban J connectivity index is 1.43. The van der Waals surface area contributed by atoms with Gasteiger partial charge >= 0.3 is 5.97 Å². The third-order valence-electron chi connectivity index (χ3n) is 6.18. The second-order valence-corrected chi connectivity index (χ2v) is 10.1. The molecule has 1 heterocycles. The Morgan fingerprint density at radius 1 is 1.07 bits per heavy atom. The van der Waals surface area contributed by atoms with Crippen LogP contribution in [0.15, 0.2) is 94.5 Å². The summed E-state index contributed by atoms with van der Waals surface area (Å²) in [5.74, 6) is -1.19. The number of nitriles is 1. The summed E-state index contributed by atoms with van der Waals surface area (Å²) >= 11 is 9.84. The largest absolute Gasteiger partial charge is 0.422 e. The zero-order chi connectivity index (χ0) is 29.8. The van der Waals surface area contributed by atoms with Crippen molar-refractivity contribution in [1.82, 2.24) is 10.4 Å². The third kappa shape index (κ3) is 5.76. The van der Waals surface area contributed by atoms with Crippen LogP contribution >= 0.6 is 27.5 Å². The van der Waals surface area contributed by atoms with Crippen LogP contribution in [0.5, 0.6) is 5.75 Å². The number of rotatable bonds is 7. The summed E-state index contributed by atoms with van der Waals surface area (Å²) in [5, 5.41) is 25.6. The van der Waals surface area contributed by atoms with E-state index in [9.17, 15) is 25.0 Å². The molecule has 0 radical (unpaired) electrons. The van der Waals surface area contributed by atoms with Gasteiger partial charge in [-0.1, -0.05) is 57.9 Å². The molecule has 206 valence electrons. The monoisotopic (exact) mass is 641 g/mol. The number of non-ortho nitro benzene ring substituents is 1. The summed E-state index contributed by atoms with van der Waals surface area (Å²) in [6.07, 6.45) is 1.31. The van der Waals surface area contributed by atoms with Crippen molar-refractivity contribution in [3.05, 3.63) is 127 Å². The molecule has 10 nitrogen and oxygen atoms in total. The second kappa shape index (κ2) is 12.1.